The predicted molar refractivity (Wildman–Crippen MR) is 83.0 cm³/mol. The van der Waals surface area contributed by atoms with E-state index in [1.165, 1.54) is 6.07 Å². The molecule has 1 aromatic heterocycles. The van der Waals surface area contributed by atoms with Crippen LogP contribution in [0.5, 0.6) is 0 Å². The van der Waals surface area contributed by atoms with Gasteiger partial charge in [-0.2, -0.15) is 5.10 Å². The fraction of sp³-hybridized carbons (Fsp3) is 0.375. The Bertz CT molecular complexity index is 600. The molecule has 118 valence electrons. The number of urea groups is 1. The highest BCUT2D eigenvalue weighted by molar-refractivity contribution is 5.74. The van der Waals surface area contributed by atoms with Crippen LogP contribution in [0.15, 0.2) is 42.7 Å². The van der Waals surface area contributed by atoms with Crippen molar-refractivity contribution >= 4 is 6.03 Å². The average molecular weight is 304 g/mol. The van der Waals surface area contributed by atoms with Gasteiger partial charge in [0, 0.05) is 32.0 Å². The number of rotatable bonds is 6. The van der Waals surface area contributed by atoms with E-state index in [9.17, 15) is 9.18 Å². The van der Waals surface area contributed by atoms with Crippen molar-refractivity contribution in [3.8, 4) is 0 Å². The first-order chi connectivity index (χ1) is 10.6. The van der Waals surface area contributed by atoms with E-state index in [0.29, 0.717) is 25.1 Å². The quantitative estimate of drug-likeness (QED) is 0.890. The number of benzene rings is 1. The van der Waals surface area contributed by atoms with Crippen molar-refractivity contribution in [3.05, 3.63) is 54.1 Å². The van der Waals surface area contributed by atoms with E-state index in [1.54, 1.807) is 41.0 Å². The van der Waals surface area contributed by atoms with Crippen LogP contribution in [-0.4, -0.2) is 40.3 Å². The predicted octanol–water partition coefficient (Wildman–Crippen LogP) is 2.29. The summed E-state index contributed by atoms with van der Waals surface area (Å²) in [7, 11) is 1.73. The van der Waals surface area contributed by atoms with Crippen LogP contribution in [0.2, 0.25) is 0 Å². The van der Waals surface area contributed by atoms with E-state index in [1.807, 2.05) is 19.2 Å². The van der Waals surface area contributed by atoms with Crippen molar-refractivity contribution < 1.29 is 9.18 Å². The Morgan fingerprint density at radius 3 is 2.86 bits per heavy atom. The molecule has 0 spiro atoms. The van der Waals surface area contributed by atoms with E-state index in [-0.39, 0.29) is 17.9 Å². The minimum absolute atomic E-state index is 0.142. The van der Waals surface area contributed by atoms with E-state index in [0.717, 1.165) is 0 Å². The molecule has 0 saturated heterocycles. The summed E-state index contributed by atoms with van der Waals surface area (Å²) >= 11 is 0. The van der Waals surface area contributed by atoms with Gasteiger partial charge < -0.3 is 10.2 Å². The summed E-state index contributed by atoms with van der Waals surface area (Å²) < 4.78 is 15.4. The molecule has 1 atom stereocenters. The van der Waals surface area contributed by atoms with E-state index >= 15 is 0 Å². The van der Waals surface area contributed by atoms with Crippen LogP contribution in [0.3, 0.4) is 0 Å². The maximum Gasteiger partial charge on any atom is 0.317 e. The van der Waals surface area contributed by atoms with Crippen molar-refractivity contribution in [2.75, 3.05) is 13.6 Å². The molecule has 2 rings (SSSR count). The number of halogens is 1. The molecule has 1 unspecified atom stereocenters. The van der Waals surface area contributed by atoms with Gasteiger partial charge in [0.05, 0.1) is 6.54 Å². The lowest BCUT2D eigenvalue weighted by molar-refractivity contribution is 0.203. The van der Waals surface area contributed by atoms with Gasteiger partial charge in [0.15, 0.2) is 0 Å². The van der Waals surface area contributed by atoms with Crippen LogP contribution >= 0.6 is 0 Å². The van der Waals surface area contributed by atoms with Crippen molar-refractivity contribution in [2.24, 2.45) is 0 Å². The third-order valence-electron chi connectivity index (χ3n) is 3.42. The van der Waals surface area contributed by atoms with Gasteiger partial charge in [-0.1, -0.05) is 18.2 Å². The molecule has 0 aliphatic rings. The Balaban J connectivity index is 1.79. The molecule has 0 fully saturated rings. The zero-order chi connectivity index (χ0) is 15.9. The van der Waals surface area contributed by atoms with Crippen molar-refractivity contribution in [1.29, 1.82) is 0 Å². The molecule has 22 heavy (non-hydrogen) atoms. The number of carbonyl (C=O) groups is 1. The largest absolute Gasteiger partial charge is 0.335 e. The molecule has 1 N–H and O–H groups in total. The summed E-state index contributed by atoms with van der Waals surface area (Å²) in [4.78, 5) is 13.7. The SMILES string of the molecule is CC(Cc1ccccc1F)NC(=O)N(C)CCn1cccn1. The van der Waals surface area contributed by atoms with E-state index in [4.69, 9.17) is 0 Å². The van der Waals surface area contributed by atoms with Crippen LogP contribution < -0.4 is 5.32 Å². The Labute approximate surface area is 129 Å². The molecule has 1 aromatic carbocycles. The fourth-order valence-corrected chi connectivity index (χ4v) is 2.15. The summed E-state index contributed by atoms with van der Waals surface area (Å²) in [6.45, 7) is 3.06. The second-order valence-electron chi connectivity index (χ2n) is 5.34. The van der Waals surface area contributed by atoms with Gasteiger partial charge in [0.1, 0.15) is 5.82 Å². The summed E-state index contributed by atoms with van der Waals surface area (Å²) in [6.07, 6.45) is 4.02. The second-order valence-corrected chi connectivity index (χ2v) is 5.34. The molecule has 0 radical (unpaired) electrons. The molecular formula is C16H21FN4O. The minimum Gasteiger partial charge on any atom is -0.335 e. The van der Waals surface area contributed by atoms with Crippen molar-refractivity contribution in [2.45, 2.75) is 25.9 Å². The maximum absolute atomic E-state index is 13.6. The van der Waals surface area contributed by atoms with Crippen LogP contribution in [0, 0.1) is 5.82 Å². The zero-order valence-corrected chi connectivity index (χ0v) is 12.9. The Morgan fingerprint density at radius 1 is 1.41 bits per heavy atom. The standard InChI is InChI=1S/C16H21FN4O/c1-13(12-14-6-3-4-7-15(14)17)19-16(22)20(2)10-11-21-9-5-8-18-21/h3-9,13H,10-12H2,1-2H3,(H,19,22). The number of hydrogen-bond donors (Lipinski definition) is 1. The summed E-state index contributed by atoms with van der Waals surface area (Å²) in [5.74, 6) is -0.240. The molecule has 2 aromatic rings. The molecule has 5 nitrogen and oxygen atoms in total. The molecule has 0 aliphatic carbocycles. The highest BCUT2D eigenvalue weighted by atomic mass is 19.1. The number of aromatic nitrogens is 2. The maximum atomic E-state index is 13.6. The van der Waals surface area contributed by atoms with Gasteiger partial charge >= 0.3 is 6.03 Å². The zero-order valence-electron chi connectivity index (χ0n) is 12.9. The first-order valence-electron chi connectivity index (χ1n) is 7.28. The fourth-order valence-electron chi connectivity index (χ4n) is 2.15. The summed E-state index contributed by atoms with van der Waals surface area (Å²) in [6, 6.07) is 8.15. The highest BCUT2D eigenvalue weighted by Gasteiger charge is 2.13. The number of likely N-dealkylation sites (N-methyl/N-ethyl adjacent to an activating group) is 1. The van der Waals surface area contributed by atoms with Crippen LogP contribution in [-0.2, 0) is 13.0 Å². The highest BCUT2D eigenvalue weighted by Crippen LogP contribution is 2.09. The molecule has 0 aliphatic heterocycles. The van der Waals surface area contributed by atoms with Gasteiger partial charge in [-0.05, 0) is 31.0 Å². The number of nitrogens with one attached hydrogen (secondary N) is 1. The third-order valence-corrected chi connectivity index (χ3v) is 3.42. The monoisotopic (exact) mass is 304 g/mol. The Hall–Kier alpha value is -2.37. The molecule has 0 saturated carbocycles. The average Bonchev–Trinajstić information content (AvgIpc) is 3.00. The Morgan fingerprint density at radius 2 is 2.18 bits per heavy atom. The minimum atomic E-state index is -0.240. The summed E-state index contributed by atoms with van der Waals surface area (Å²) in [5, 5.41) is 6.97. The lowest BCUT2D eigenvalue weighted by Crippen LogP contribution is -2.43. The lowest BCUT2D eigenvalue weighted by atomic mass is 10.1. The second kappa shape index (κ2) is 7.59. The van der Waals surface area contributed by atoms with Crippen molar-refractivity contribution in [1.82, 2.24) is 20.0 Å². The normalized spacial score (nSPS) is 12.0. The first-order valence-corrected chi connectivity index (χ1v) is 7.28. The van der Waals surface area contributed by atoms with Crippen LogP contribution in [0.1, 0.15) is 12.5 Å². The molecule has 6 heteroatoms. The third kappa shape index (κ3) is 4.58. The van der Waals surface area contributed by atoms with Crippen LogP contribution in [0.25, 0.3) is 0 Å². The lowest BCUT2D eigenvalue weighted by Gasteiger charge is -2.21. The molecule has 0 bridgehead atoms. The molecule has 2 amide bonds. The topological polar surface area (TPSA) is 50.2 Å². The van der Waals surface area contributed by atoms with Gasteiger partial charge in [-0.3, -0.25) is 4.68 Å². The van der Waals surface area contributed by atoms with Crippen molar-refractivity contribution in [3.63, 3.8) is 0 Å². The number of nitrogens with zero attached hydrogens (tertiary/aromatic N) is 3. The Kier molecular flexibility index (Phi) is 5.52. The summed E-state index contributed by atoms with van der Waals surface area (Å²) in [5.41, 5.74) is 0.606. The number of amides is 2. The van der Waals surface area contributed by atoms with Gasteiger partial charge in [-0.25, -0.2) is 9.18 Å². The number of hydrogen-bond acceptors (Lipinski definition) is 2. The molecular weight excluding hydrogens is 283 g/mol. The van der Waals surface area contributed by atoms with Gasteiger partial charge in [-0.15, -0.1) is 0 Å². The molecule has 1 heterocycles. The smallest absolute Gasteiger partial charge is 0.317 e. The van der Waals surface area contributed by atoms with Crippen LogP contribution in [0.4, 0.5) is 9.18 Å². The van der Waals surface area contributed by atoms with E-state index in [2.05, 4.69) is 10.4 Å². The van der Waals surface area contributed by atoms with Gasteiger partial charge in [0.2, 0.25) is 0 Å². The number of carbonyl (C=O) groups excluding carboxylic acids is 1. The van der Waals surface area contributed by atoms with E-state index < -0.39 is 0 Å². The van der Waals surface area contributed by atoms with Gasteiger partial charge in [0.25, 0.3) is 0 Å². The first kappa shape index (κ1) is 16.0.